The molecule has 1 aliphatic heterocycles. The second-order valence-corrected chi connectivity index (χ2v) is 4.59. The highest BCUT2D eigenvalue weighted by molar-refractivity contribution is 5.74. The third-order valence-electron chi connectivity index (χ3n) is 3.34. The number of methoxy groups -OCH3 is 1. The van der Waals surface area contributed by atoms with Crippen molar-refractivity contribution in [3.8, 4) is 6.07 Å². The summed E-state index contributed by atoms with van der Waals surface area (Å²) in [6.07, 6.45) is 0.783. The zero-order valence-corrected chi connectivity index (χ0v) is 10.6. The molecule has 94 valence electrons. The van der Waals surface area contributed by atoms with Crippen molar-refractivity contribution in [3.63, 3.8) is 0 Å². The molecule has 1 aliphatic rings. The van der Waals surface area contributed by atoms with Crippen LogP contribution in [-0.4, -0.2) is 26.2 Å². The highest BCUT2D eigenvalue weighted by Gasteiger charge is 2.30. The molecule has 1 heterocycles. The largest absolute Gasteiger partial charge is 0.469 e. The number of carbonyl (C=O) groups is 1. The fourth-order valence-corrected chi connectivity index (χ4v) is 2.34. The van der Waals surface area contributed by atoms with Gasteiger partial charge in [0.1, 0.15) is 6.07 Å². The van der Waals surface area contributed by atoms with E-state index in [1.54, 1.807) is 0 Å². The molecule has 1 fully saturated rings. The Labute approximate surface area is 107 Å². The van der Waals surface area contributed by atoms with Crippen molar-refractivity contribution >= 4 is 11.7 Å². The molecule has 1 unspecified atom stereocenters. The average Bonchev–Trinajstić information content (AvgIpc) is 2.87. The molecule has 0 aliphatic carbocycles. The third-order valence-corrected chi connectivity index (χ3v) is 3.34. The van der Waals surface area contributed by atoms with Crippen molar-refractivity contribution in [1.29, 1.82) is 5.26 Å². The minimum atomic E-state index is -0.163. The van der Waals surface area contributed by atoms with Crippen LogP contribution in [0.5, 0.6) is 0 Å². The van der Waals surface area contributed by atoms with Gasteiger partial charge in [0.25, 0.3) is 0 Å². The first-order valence-corrected chi connectivity index (χ1v) is 5.99. The number of esters is 1. The quantitative estimate of drug-likeness (QED) is 0.745. The van der Waals surface area contributed by atoms with Gasteiger partial charge in [0.15, 0.2) is 0 Å². The molecule has 4 nitrogen and oxygen atoms in total. The van der Waals surface area contributed by atoms with Crippen LogP contribution in [-0.2, 0) is 9.53 Å². The van der Waals surface area contributed by atoms with Gasteiger partial charge >= 0.3 is 5.97 Å². The van der Waals surface area contributed by atoms with Crippen LogP contribution in [0.4, 0.5) is 5.69 Å². The van der Waals surface area contributed by atoms with Gasteiger partial charge in [-0.1, -0.05) is 6.07 Å². The Balaban J connectivity index is 2.22. The monoisotopic (exact) mass is 244 g/mol. The second-order valence-electron chi connectivity index (χ2n) is 4.59. The van der Waals surface area contributed by atoms with Crippen molar-refractivity contribution in [3.05, 3.63) is 29.3 Å². The van der Waals surface area contributed by atoms with Crippen LogP contribution in [0, 0.1) is 24.2 Å². The van der Waals surface area contributed by atoms with Crippen molar-refractivity contribution in [2.45, 2.75) is 13.3 Å². The molecular weight excluding hydrogens is 228 g/mol. The summed E-state index contributed by atoms with van der Waals surface area (Å²) in [4.78, 5) is 13.6. The summed E-state index contributed by atoms with van der Waals surface area (Å²) in [5, 5.41) is 9.12. The normalized spacial score (nSPS) is 18.5. The number of hydrogen-bond acceptors (Lipinski definition) is 4. The van der Waals surface area contributed by atoms with Crippen LogP contribution in [0.25, 0.3) is 0 Å². The predicted octanol–water partition coefficient (Wildman–Crippen LogP) is 1.87. The lowest BCUT2D eigenvalue weighted by molar-refractivity contribution is -0.144. The molecule has 0 aromatic heterocycles. The van der Waals surface area contributed by atoms with E-state index < -0.39 is 0 Å². The first-order valence-electron chi connectivity index (χ1n) is 5.99. The fourth-order valence-electron chi connectivity index (χ4n) is 2.34. The predicted molar refractivity (Wildman–Crippen MR) is 68.2 cm³/mol. The molecular formula is C14H16N2O2. The Bertz CT molecular complexity index is 505. The Kier molecular flexibility index (Phi) is 3.52. The van der Waals surface area contributed by atoms with E-state index in [-0.39, 0.29) is 11.9 Å². The van der Waals surface area contributed by atoms with Crippen LogP contribution in [0.1, 0.15) is 17.5 Å². The Morgan fingerprint density at radius 1 is 1.56 bits per heavy atom. The van der Waals surface area contributed by atoms with Gasteiger partial charge in [-0.05, 0) is 31.0 Å². The van der Waals surface area contributed by atoms with Crippen LogP contribution in [0.15, 0.2) is 18.2 Å². The van der Waals surface area contributed by atoms with Crippen molar-refractivity contribution in [2.24, 2.45) is 5.92 Å². The first kappa shape index (κ1) is 12.4. The van der Waals surface area contributed by atoms with Gasteiger partial charge in [0, 0.05) is 13.1 Å². The van der Waals surface area contributed by atoms with Gasteiger partial charge in [-0.3, -0.25) is 4.79 Å². The Hall–Kier alpha value is -2.02. The van der Waals surface area contributed by atoms with Crippen LogP contribution >= 0.6 is 0 Å². The summed E-state index contributed by atoms with van der Waals surface area (Å²) in [5.41, 5.74) is 2.69. The van der Waals surface area contributed by atoms with Gasteiger partial charge in [-0.25, -0.2) is 0 Å². The molecule has 4 heteroatoms. The summed E-state index contributed by atoms with van der Waals surface area (Å²) in [6, 6.07) is 7.95. The molecule has 0 spiro atoms. The van der Waals surface area contributed by atoms with E-state index in [2.05, 4.69) is 11.0 Å². The van der Waals surface area contributed by atoms with E-state index in [4.69, 9.17) is 10.00 Å². The maximum Gasteiger partial charge on any atom is 0.310 e. The Morgan fingerprint density at radius 2 is 2.33 bits per heavy atom. The molecule has 2 rings (SSSR count). The van der Waals surface area contributed by atoms with Gasteiger partial charge < -0.3 is 9.64 Å². The van der Waals surface area contributed by atoms with E-state index in [0.29, 0.717) is 12.1 Å². The summed E-state index contributed by atoms with van der Waals surface area (Å²) in [6.45, 7) is 3.42. The minimum Gasteiger partial charge on any atom is -0.469 e. The average molecular weight is 244 g/mol. The lowest BCUT2D eigenvalue weighted by Gasteiger charge is -2.20. The zero-order chi connectivity index (χ0) is 13.1. The molecule has 1 aromatic carbocycles. The molecule has 18 heavy (non-hydrogen) atoms. The topological polar surface area (TPSA) is 53.3 Å². The van der Waals surface area contributed by atoms with E-state index in [9.17, 15) is 4.79 Å². The van der Waals surface area contributed by atoms with E-state index in [1.807, 2.05) is 25.1 Å². The lowest BCUT2D eigenvalue weighted by atomic mass is 10.1. The third kappa shape index (κ3) is 2.30. The number of aryl methyl sites for hydroxylation is 1. The van der Waals surface area contributed by atoms with E-state index >= 15 is 0 Å². The van der Waals surface area contributed by atoms with Gasteiger partial charge in [-0.2, -0.15) is 5.26 Å². The zero-order valence-electron chi connectivity index (χ0n) is 10.6. The standard InChI is InChI=1S/C14H16N2O2/c1-10-3-4-11(8-15)13(7-10)16-6-5-12(9-16)14(17)18-2/h3-4,7,12H,5-6,9H2,1-2H3. The number of hydrogen-bond donors (Lipinski definition) is 0. The number of rotatable bonds is 2. The number of ether oxygens (including phenoxy) is 1. The van der Waals surface area contributed by atoms with Crippen molar-refractivity contribution < 1.29 is 9.53 Å². The Morgan fingerprint density at radius 3 is 3.00 bits per heavy atom. The van der Waals surface area contributed by atoms with E-state index in [0.717, 1.165) is 24.2 Å². The number of nitrogens with zero attached hydrogens (tertiary/aromatic N) is 2. The molecule has 1 aromatic rings. The summed E-state index contributed by atoms with van der Waals surface area (Å²) >= 11 is 0. The molecule has 0 N–H and O–H groups in total. The number of anilines is 1. The molecule has 1 atom stereocenters. The summed E-state index contributed by atoms with van der Waals surface area (Å²) in [7, 11) is 1.42. The molecule has 0 amide bonds. The molecule has 0 radical (unpaired) electrons. The number of nitriles is 1. The fraction of sp³-hybridized carbons (Fsp3) is 0.429. The number of benzene rings is 1. The minimum absolute atomic E-state index is 0.0814. The SMILES string of the molecule is COC(=O)C1CCN(c2cc(C)ccc2C#N)C1. The first-order chi connectivity index (χ1) is 8.65. The second kappa shape index (κ2) is 5.09. The molecule has 1 saturated heterocycles. The van der Waals surface area contributed by atoms with Crippen LogP contribution in [0.3, 0.4) is 0 Å². The van der Waals surface area contributed by atoms with Gasteiger partial charge in [0.2, 0.25) is 0 Å². The maximum absolute atomic E-state index is 11.5. The van der Waals surface area contributed by atoms with Crippen LogP contribution < -0.4 is 4.90 Å². The summed E-state index contributed by atoms with van der Waals surface area (Å²) < 4.78 is 4.77. The van der Waals surface area contributed by atoms with Gasteiger partial charge in [-0.15, -0.1) is 0 Å². The molecule has 0 bridgehead atoms. The smallest absolute Gasteiger partial charge is 0.310 e. The van der Waals surface area contributed by atoms with Crippen LogP contribution in [0.2, 0.25) is 0 Å². The maximum atomic E-state index is 11.5. The van der Waals surface area contributed by atoms with Crippen molar-refractivity contribution in [1.82, 2.24) is 0 Å². The lowest BCUT2D eigenvalue weighted by Crippen LogP contribution is -2.24. The highest BCUT2D eigenvalue weighted by Crippen LogP contribution is 2.28. The molecule has 0 saturated carbocycles. The van der Waals surface area contributed by atoms with Gasteiger partial charge in [0.05, 0.1) is 24.3 Å². The van der Waals surface area contributed by atoms with E-state index in [1.165, 1.54) is 7.11 Å². The number of carbonyl (C=O) groups excluding carboxylic acids is 1. The highest BCUT2D eigenvalue weighted by atomic mass is 16.5. The van der Waals surface area contributed by atoms with Crippen molar-refractivity contribution in [2.75, 3.05) is 25.1 Å². The summed E-state index contributed by atoms with van der Waals surface area (Å²) in [5.74, 6) is -0.245.